The van der Waals surface area contributed by atoms with Gasteiger partial charge >= 0.3 is 0 Å². The molecule has 0 unspecified atom stereocenters. The second kappa shape index (κ2) is 4.51. The molecule has 4 heteroatoms. The van der Waals surface area contributed by atoms with Crippen LogP contribution in [0.1, 0.15) is 32.6 Å². The van der Waals surface area contributed by atoms with Crippen LogP contribution in [-0.2, 0) is 0 Å². The summed E-state index contributed by atoms with van der Waals surface area (Å²) in [6.07, 6.45) is 4.62. The van der Waals surface area contributed by atoms with Gasteiger partial charge in [0.1, 0.15) is 5.69 Å². The fourth-order valence-corrected chi connectivity index (χ4v) is 2.47. The minimum absolute atomic E-state index is 0.0627. The van der Waals surface area contributed by atoms with Crippen molar-refractivity contribution in [1.29, 1.82) is 0 Å². The molecule has 0 bridgehead atoms. The van der Waals surface area contributed by atoms with Gasteiger partial charge in [-0.2, -0.15) is 0 Å². The SMILES string of the molecule is CC1(CNc2c(F)cc(N)cc2F)CCCC1. The normalized spacial score (nSPS) is 18.3. The number of hydrogen-bond donors (Lipinski definition) is 2. The van der Waals surface area contributed by atoms with E-state index in [-0.39, 0.29) is 16.8 Å². The quantitative estimate of drug-likeness (QED) is 0.793. The molecule has 0 saturated heterocycles. The predicted octanol–water partition coefficient (Wildman–Crippen LogP) is 3.54. The Morgan fingerprint density at radius 1 is 1.24 bits per heavy atom. The first-order valence-corrected chi connectivity index (χ1v) is 5.99. The smallest absolute Gasteiger partial charge is 0.151 e. The van der Waals surface area contributed by atoms with Crippen LogP contribution in [0.2, 0.25) is 0 Å². The molecule has 2 nitrogen and oxygen atoms in total. The maximum Gasteiger partial charge on any atom is 0.151 e. The zero-order chi connectivity index (χ0) is 12.5. The summed E-state index contributed by atoms with van der Waals surface area (Å²) >= 11 is 0. The molecule has 3 N–H and O–H groups in total. The molecule has 0 aliphatic heterocycles. The van der Waals surface area contributed by atoms with Crippen LogP contribution < -0.4 is 11.1 Å². The summed E-state index contributed by atoms with van der Waals surface area (Å²) in [6.45, 7) is 2.75. The van der Waals surface area contributed by atoms with Gasteiger partial charge in [0.2, 0.25) is 0 Å². The first-order chi connectivity index (χ1) is 8.00. The Morgan fingerprint density at radius 3 is 2.29 bits per heavy atom. The molecular weight excluding hydrogens is 222 g/mol. The van der Waals surface area contributed by atoms with Crippen molar-refractivity contribution in [1.82, 2.24) is 0 Å². The van der Waals surface area contributed by atoms with Crippen LogP contribution in [0.5, 0.6) is 0 Å². The lowest BCUT2D eigenvalue weighted by atomic mass is 9.89. The molecule has 0 atom stereocenters. The molecule has 0 amide bonds. The Labute approximate surface area is 100 Å². The van der Waals surface area contributed by atoms with Crippen molar-refractivity contribution in [3.63, 3.8) is 0 Å². The number of nitrogens with one attached hydrogen (secondary N) is 1. The molecule has 0 radical (unpaired) electrons. The number of anilines is 2. The standard InChI is InChI=1S/C13H18F2N2/c1-13(4-2-3-5-13)8-17-12-10(14)6-9(16)7-11(12)15/h6-7,17H,2-5,8,16H2,1H3. The Balaban J connectivity index is 2.08. The summed E-state index contributed by atoms with van der Waals surface area (Å²) in [5, 5.41) is 2.89. The molecule has 1 aromatic rings. The molecule has 0 aromatic heterocycles. The van der Waals surface area contributed by atoms with Crippen LogP contribution in [0.15, 0.2) is 12.1 Å². The van der Waals surface area contributed by atoms with Crippen molar-refractivity contribution in [2.24, 2.45) is 5.41 Å². The van der Waals surface area contributed by atoms with Crippen LogP contribution >= 0.6 is 0 Å². The average Bonchev–Trinajstić information content (AvgIpc) is 2.64. The van der Waals surface area contributed by atoms with E-state index in [0.29, 0.717) is 6.54 Å². The molecule has 0 heterocycles. The topological polar surface area (TPSA) is 38.0 Å². The largest absolute Gasteiger partial charge is 0.399 e. The zero-order valence-electron chi connectivity index (χ0n) is 10.0. The fourth-order valence-electron chi connectivity index (χ4n) is 2.47. The lowest BCUT2D eigenvalue weighted by molar-refractivity contribution is 0.360. The van der Waals surface area contributed by atoms with Gasteiger partial charge in [0.05, 0.1) is 0 Å². The van der Waals surface area contributed by atoms with Crippen molar-refractivity contribution in [2.45, 2.75) is 32.6 Å². The van der Waals surface area contributed by atoms with Crippen LogP contribution in [-0.4, -0.2) is 6.54 Å². The first kappa shape index (κ1) is 12.1. The van der Waals surface area contributed by atoms with Crippen molar-refractivity contribution >= 4 is 11.4 Å². The van der Waals surface area contributed by atoms with Crippen LogP contribution in [0.25, 0.3) is 0 Å². The Morgan fingerprint density at radius 2 is 1.76 bits per heavy atom. The van der Waals surface area contributed by atoms with E-state index in [4.69, 9.17) is 5.73 Å². The monoisotopic (exact) mass is 240 g/mol. The van der Waals surface area contributed by atoms with E-state index < -0.39 is 11.6 Å². The van der Waals surface area contributed by atoms with Gasteiger partial charge in [-0.15, -0.1) is 0 Å². The number of nitrogens with two attached hydrogens (primary N) is 1. The van der Waals surface area contributed by atoms with Gasteiger partial charge in [0.15, 0.2) is 11.6 Å². The molecule has 1 fully saturated rings. The summed E-state index contributed by atoms with van der Waals surface area (Å²) in [4.78, 5) is 0. The molecular formula is C13H18F2N2. The van der Waals surface area contributed by atoms with Gasteiger partial charge < -0.3 is 11.1 Å². The maximum absolute atomic E-state index is 13.5. The Bertz CT molecular complexity index is 389. The molecule has 17 heavy (non-hydrogen) atoms. The minimum atomic E-state index is -0.621. The van der Waals surface area contributed by atoms with E-state index in [9.17, 15) is 8.78 Å². The molecule has 0 spiro atoms. The van der Waals surface area contributed by atoms with Gasteiger partial charge in [-0.25, -0.2) is 8.78 Å². The van der Waals surface area contributed by atoms with Crippen molar-refractivity contribution in [3.05, 3.63) is 23.8 Å². The number of nitrogen functional groups attached to an aromatic ring is 1. The molecule has 1 aromatic carbocycles. The zero-order valence-corrected chi connectivity index (χ0v) is 10.0. The Kier molecular flexibility index (Phi) is 3.22. The number of benzene rings is 1. The highest BCUT2D eigenvalue weighted by Gasteiger charge is 2.28. The third kappa shape index (κ3) is 2.68. The van der Waals surface area contributed by atoms with Crippen LogP contribution in [0.4, 0.5) is 20.2 Å². The highest BCUT2D eigenvalue weighted by molar-refractivity contribution is 5.54. The van der Waals surface area contributed by atoms with E-state index >= 15 is 0 Å². The van der Waals surface area contributed by atoms with E-state index in [0.717, 1.165) is 25.0 Å². The summed E-state index contributed by atoms with van der Waals surface area (Å²) in [6, 6.07) is 2.28. The molecule has 94 valence electrons. The third-order valence-corrected chi connectivity index (χ3v) is 3.57. The summed E-state index contributed by atoms with van der Waals surface area (Å²) in [5.74, 6) is -1.24. The predicted molar refractivity (Wildman–Crippen MR) is 65.8 cm³/mol. The minimum Gasteiger partial charge on any atom is -0.399 e. The Hall–Kier alpha value is -1.32. The van der Waals surface area contributed by atoms with Gasteiger partial charge in [-0.3, -0.25) is 0 Å². The maximum atomic E-state index is 13.5. The average molecular weight is 240 g/mol. The molecule has 1 aliphatic carbocycles. The van der Waals surface area contributed by atoms with Crippen LogP contribution in [0.3, 0.4) is 0 Å². The number of rotatable bonds is 3. The van der Waals surface area contributed by atoms with Crippen molar-refractivity contribution < 1.29 is 8.78 Å². The lowest BCUT2D eigenvalue weighted by Gasteiger charge is -2.24. The van der Waals surface area contributed by atoms with Crippen molar-refractivity contribution in [2.75, 3.05) is 17.6 Å². The van der Waals surface area contributed by atoms with E-state index in [1.807, 2.05) is 0 Å². The van der Waals surface area contributed by atoms with Gasteiger partial charge in [0.25, 0.3) is 0 Å². The highest BCUT2D eigenvalue weighted by atomic mass is 19.1. The summed E-state index contributed by atoms with van der Waals surface area (Å²) in [7, 11) is 0. The molecule has 1 aliphatic rings. The van der Waals surface area contributed by atoms with E-state index in [1.165, 1.54) is 12.8 Å². The summed E-state index contributed by atoms with van der Waals surface area (Å²) < 4.78 is 27.1. The molecule has 2 rings (SSSR count). The fraction of sp³-hybridized carbons (Fsp3) is 0.538. The number of halogens is 2. The van der Waals surface area contributed by atoms with Crippen LogP contribution in [0, 0.1) is 17.0 Å². The van der Waals surface area contributed by atoms with Gasteiger partial charge in [-0.05, 0) is 30.4 Å². The first-order valence-electron chi connectivity index (χ1n) is 5.99. The van der Waals surface area contributed by atoms with E-state index in [2.05, 4.69) is 12.2 Å². The van der Waals surface area contributed by atoms with Gasteiger partial charge in [0, 0.05) is 12.2 Å². The molecule has 1 saturated carbocycles. The van der Waals surface area contributed by atoms with Gasteiger partial charge in [-0.1, -0.05) is 19.8 Å². The van der Waals surface area contributed by atoms with Crippen molar-refractivity contribution in [3.8, 4) is 0 Å². The van der Waals surface area contributed by atoms with E-state index in [1.54, 1.807) is 0 Å². The third-order valence-electron chi connectivity index (χ3n) is 3.57. The summed E-state index contributed by atoms with van der Waals surface area (Å²) in [5.41, 5.74) is 5.56. The second-order valence-electron chi connectivity index (χ2n) is 5.23. The second-order valence-corrected chi connectivity index (χ2v) is 5.23. The number of hydrogen-bond acceptors (Lipinski definition) is 2. The highest BCUT2D eigenvalue weighted by Crippen LogP contribution is 2.37. The lowest BCUT2D eigenvalue weighted by Crippen LogP contribution is -2.23.